The van der Waals surface area contributed by atoms with Crippen molar-refractivity contribution >= 4 is 15.8 Å². The predicted molar refractivity (Wildman–Crippen MR) is 77.1 cm³/mol. The lowest BCUT2D eigenvalue weighted by Gasteiger charge is -2.19. The minimum absolute atomic E-state index is 0.159. The van der Waals surface area contributed by atoms with Crippen molar-refractivity contribution in [2.24, 2.45) is 0 Å². The SMILES string of the molecule is COC(=O)c1ccc(S(C)(=O)=O)c(CC(OC)OC)c1C. The van der Waals surface area contributed by atoms with Crippen LogP contribution >= 0.6 is 0 Å². The van der Waals surface area contributed by atoms with Crippen LogP contribution in [0.25, 0.3) is 0 Å². The summed E-state index contributed by atoms with van der Waals surface area (Å²) in [4.78, 5) is 11.9. The van der Waals surface area contributed by atoms with E-state index in [1.807, 2.05) is 0 Å². The van der Waals surface area contributed by atoms with E-state index in [0.717, 1.165) is 6.26 Å². The van der Waals surface area contributed by atoms with Crippen LogP contribution in [0.3, 0.4) is 0 Å². The first-order valence-corrected chi connectivity index (χ1v) is 8.11. The van der Waals surface area contributed by atoms with E-state index in [0.29, 0.717) is 16.7 Å². The van der Waals surface area contributed by atoms with E-state index < -0.39 is 22.1 Å². The van der Waals surface area contributed by atoms with E-state index >= 15 is 0 Å². The second-order valence-electron chi connectivity index (χ2n) is 4.58. The Morgan fingerprint density at radius 3 is 2.19 bits per heavy atom. The molecule has 1 rings (SSSR count). The van der Waals surface area contributed by atoms with Crippen LogP contribution < -0.4 is 0 Å². The number of sulfone groups is 1. The monoisotopic (exact) mass is 316 g/mol. The molecule has 7 heteroatoms. The van der Waals surface area contributed by atoms with Gasteiger partial charge in [0.15, 0.2) is 16.1 Å². The van der Waals surface area contributed by atoms with Gasteiger partial charge in [0, 0.05) is 26.9 Å². The van der Waals surface area contributed by atoms with Crippen LogP contribution in [0.15, 0.2) is 17.0 Å². The Morgan fingerprint density at radius 2 is 1.76 bits per heavy atom. The van der Waals surface area contributed by atoms with Crippen LogP contribution in [0.1, 0.15) is 21.5 Å². The van der Waals surface area contributed by atoms with Gasteiger partial charge in [-0.15, -0.1) is 0 Å². The fourth-order valence-electron chi connectivity index (χ4n) is 2.09. The molecule has 0 N–H and O–H groups in total. The van der Waals surface area contributed by atoms with Crippen molar-refractivity contribution in [3.8, 4) is 0 Å². The lowest BCUT2D eigenvalue weighted by atomic mass is 9.99. The number of ether oxygens (including phenoxy) is 3. The minimum atomic E-state index is -3.43. The molecule has 0 fully saturated rings. The Labute approximate surface area is 124 Å². The third-order valence-corrected chi connectivity index (χ3v) is 4.44. The normalized spacial score (nSPS) is 11.7. The van der Waals surface area contributed by atoms with Gasteiger partial charge in [-0.05, 0) is 30.2 Å². The number of esters is 1. The molecule has 0 aromatic heterocycles. The number of hydrogen-bond acceptors (Lipinski definition) is 6. The summed E-state index contributed by atoms with van der Waals surface area (Å²) in [7, 11) is 0.778. The number of carbonyl (C=O) groups excluding carboxylic acids is 1. The summed E-state index contributed by atoms with van der Waals surface area (Å²) >= 11 is 0. The zero-order chi connectivity index (χ0) is 16.2. The van der Waals surface area contributed by atoms with E-state index in [9.17, 15) is 13.2 Å². The standard InChI is InChI=1S/C14H20O6S/c1-9-10(14(15)20-4)6-7-12(21(5,16)17)11(9)8-13(18-2)19-3/h6-7,13H,8H2,1-5H3. The van der Waals surface area contributed by atoms with Gasteiger partial charge in [-0.3, -0.25) is 0 Å². The second kappa shape index (κ2) is 7.02. The van der Waals surface area contributed by atoms with E-state index in [1.54, 1.807) is 6.92 Å². The Balaban J connectivity index is 3.49. The molecule has 21 heavy (non-hydrogen) atoms. The molecule has 0 unspecified atom stereocenters. The summed E-state index contributed by atoms with van der Waals surface area (Å²) < 4.78 is 38.8. The molecule has 118 valence electrons. The van der Waals surface area contributed by atoms with Crippen molar-refractivity contribution in [3.63, 3.8) is 0 Å². The molecule has 0 bridgehead atoms. The van der Waals surface area contributed by atoms with Gasteiger partial charge in [-0.25, -0.2) is 13.2 Å². The van der Waals surface area contributed by atoms with Gasteiger partial charge in [-0.1, -0.05) is 0 Å². The third kappa shape index (κ3) is 4.03. The Hall–Kier alpha value is -1.44. The molecule has 0 aliphatic rings. The molecule has 0 saturated heterocycles. The van der Waals surface area contributed by atoms with Crippen molar-refractivity contribution in [2.45, 2.75) is 24.5 Å². The van der Waals surface area contributed by atoms with Gasteiger partial charge in [-0.2, -0.15) is 0 Å². The highest BCUT2D eigenvalue weighted by molar-refractivity contribution is 7.90. The average molecular weight is 316 g/mol. The summed E-state index contributed by atoms with van der Waals surface area (Å²) in [5.41, 5.74) is 1.36. The van der Waals surface area contributed by atoms with Crippen LogP contribution in [-0.4, -0.2) is 48.3 Å². The molecule has 0 heterocycles. The molecule has 0 aliphatic carbocycles. The van der Waals surface area contributed by atoms with E-state index in [1.165, 1.54) is 33.5 Å². The number of rotatable bonds is 6. The molecular weight excluding hydrogens is 296 g/mol. The van der Waals surface area contributed by atoms with E-state index in [2.05, 4.69) is 0 Å². The highest BCUT2D eigenvalue weighted by Gasteiger charge is 2.23. The molecular formula is C14H20O6S. The molecule has 1 aromatic rings. The van der Waals surface area contributed by atoms with E-state index in [-0.39, 0.29) is 11.3 Å². The van der Waals surface area contributed by atoms with Crippen LogP contribution in [0.4, 0.5) is 0 Å². The molecule has 6 nitrogen and oxygen atoms in total. The minimum Gasteiger partial charge on any atom is -0.465 e. The summed E-state index contributed by atoms with van der Waals surface area (Å²) in [6.07, 6.45) is 0.737. The average Bonchev–Trinajstić information content (AvgIpc) is 2.43. The maximum atomic E-state index is 11.9. The highest BCUT2D eigenvalue weighted by atomic mass is 32.2. The fraction of sp³-hybridized carbons (Fsp3) is 0.500. The number of methoxy groups -OCH3 is 3. The maximum absolute atomic E-state index is 11.9. The molecule has 0 aliphatic heterocycles. The first-order chi connectivity index (χ1) is 9.76. The van der Waals surface area contributed by atoms with Crippen LogP contribution in [-0.2, 0) is 30.5 Å². The van der Waals surface area contributed by atoms with Crippen LogP contribution in [0.2, 0.25) is 0 Å². The fourth-order valence-corrected chi connectivity index (χ4v) is 3.09. The zero-order valence-corrected chi connectivity index (χ0v) is 13.6. The van der Waals surface area contributed by atoms with Crippen molar-refractivity contribution in [1.29, 1.82) is 0 Å². The molecule has 0 atom stereocenters. The lowest BCUT2D eigenvalue weighted by Crippen LogP contribution is -2.20. The molecule has 0 saturated carbocycles. The van der Waals surface area contributed by atoms with Crippen molar-refractivity contribution in [1.82, 2.24) is 0 Å². The van der Waals surface area contributed by atoms with Gasteiger partial charge in [0.1, 0.15) is 0 Å². The Kier molecular flexibility index (Phi) is 5.88. The second-order valence-corrected chi connectivity index (χ2v) is 6.57. The summed E-state index contributed by atoms with van der Waals surface area (Å²) in [5.74, 6) is -0.514. The molecule has 1 aromatic carbocycles. The molecule has 0 spiro atoms. The summed E-state index contributed by atoms with van der Waals surface area (Å²) in [6, 6.07) is 2.86. The first kappa shape index (κ1) is 17.6. The van der Waals surface area contributed by atoms with Gasteiger partial charge in [0.2, 0.25) is 0 Å². The summed E-state index contributed by atoms with van der Waals surface area (Å²) in [6.45, 7) is 1.68. The first-order valence-electron chi connectivity index (χ1n) is 6.22. The third-order valence-electron chi connectivity index (χ3n) is 3.26. The molecule has 0 radical (unpaired) electrons. The predicted octanol–water partition coefficient (Wildman–Crippen LogP) is 1.35. The van der Waals surface area contributed by atoms with Gasteiger partial charge in [0.25, 0.3) is 0 Å². The Morgan fingerprint density at radius 1 is 1.19 bits per heavy atom. The Bertz CT molecular complexity index is 617. The largest absolute Gasteiger partial charge is 0.465 e. The van der Waals surface area contributed by atoms with Crippen molar-refractivity contribution in [3.05, 3.63) is 28.8 Å². The van der Waals surface area contributed by atoms with Crippen LogP contribution in [0.5, 0.6) is 0 Å². The number of hydrogen-bond donors (Lipinski definition) is 0. The van der Waals surface area contributed by atoms with E-state index in [4.69, 9.17) is 14.2 Å². The number of benzene rings is 1. The zero-order valence-electron chi connectivity index (χ0n) is 12.8. The maximum Gasteiger partial charge on any atom is 0.338 e. The van der Waals surface area contributed by atoms with Gasteiger partial charge >= 0.3 is 5.97 Å². The quantitative estimate of drug-likeness (QED) is 0.582. The van der Waals surface area contributed by atoms with Gasteiger partial charge in [0.05, 0.1) is 17.6 Å². The highest BCUT2D eigenvalue weighted by Crippen LogP contribution is 2.25. The van der Waals surface area contributed by atoms with Crippen molar-refractivity contribution in [2.75, 3.05) is 27.6 Å². The van der Waals surface area contributed by atoms with Crippen molar-refractivity contribution < 1.29 is 27.4 Å². The smallest absolute Gasteiger partial charge is 0.338 e. The number of carbonyl (C=O) groups is 1. The van der Waals surface area contributed by atoms with Crippen LogP contribution in [0, 0.1) is 6.92 Å². The summed E-state index contributed by atoms with van der Waals surface area (Å²) in [5, 5.41) is 0. The molecule has 0 amide bonds. The lowest BCUT2D eigenvalue weighted by molar-refractivity contribution is -0.101. The topological polar surface area (TPSA) is 78.9 Å². The van der Waals surface area contributed by atoms with Gasteiger partial charge < -0.3 is 14.2 Å².